The quantitative estimate of drug-likeness (QED) is 0.678. The Kier molecular flexibility index (Phi) is 4.08. The summed E-state index contributed by atoms with van der Waals surface area (Å²) in [5.41, 5.74) is 8.38. The van der Waals surface area contributed by atoms with E-state index in [2.05, 4.69) is 25.5 Å². The molecule has 4 rings (SSSR count). The van der Waals surface area contributed by atoms with Crippen LogP contribution in [0.4, 0.5) is 5.95 Å². The second-order valence-corrected chi connectivity index (χ2v) is 6.68. The summed E-state index contributed by atoms with van der Waals surface area (Å²) in [6.07, 6.45) is 5.86. The van der Waals surface area contributed by atoms with E-state index in [0.29, 0.717) is 22.7 Å². The molecule has 1 fully saturated rings. The van der Waals surface area contributed by atoms with Crippen LogP contribution in [0.15, 0.2) is 30.5 Å². The summed E-state index contributed by atoms with van der Waals surface area (Å²) < 4.78 is 0. The molecule has 0 aliphatic heterocycles. The van der Waals surface area contributed by atoms with Gasteiger partial charge in [0.1, 0.15) is 11.4 Å². The highest BCUT2D eigenvalue weighted by Crippen LogP contribution is 2.30. The lowest BCUT2D eigenvalue weighted by Crippen LogP contribution is -2.35. The van der Waals surface area contributed by atoms with E-state index in [-0.39, 0.29) is 6.04 Å². The van der Waals surface area contributed by atoms with Gasteiger partial charge in [0.25, 0.3) is 0 Å². The Balaban J connectivity index is 1.66. The lowest BCUT2D eigenvalue weighted by molar-refractivity contribution is 0.408. The van der Waals surface area contributed by atoms with E-state index in [1.165, 1.54) is 0 Å². The molecule has 1 saturated carbocycles. The van der Waals surface area contributed by atoms with E-state index in [1.54, 1.807) is 6.20 Å². The minimum atomic E-state index is 0.248. The second kappa shape index (κ2) is 6.37. The molecular formula is C17H19ClN6. The molecule has 2 aromatic heterocycles. The molecule has 24 heavy (non-hydrogen) atoms. The summed E-state index contributed by atoms with van der Waals surface area (Å²) in [6.45, 7) is 0. The second-order valence-electron chi connectivity index (χ2n) is 6.28. The van der Waals surface area contributed by atoms with Crippen molar-refractivity contribution in [3.63, 3.8) is 0 Å². The number of nitrogens with zero attached hydrogens (tertiary/aromatic N) is 3. The number of nitrogens with two attached hydrogens (primary N) is 1. The number of para-hydroxylation sites is 1. The number of hydrogen-bond acceptors (Lipinski definition) is 5. The Morgan fingerprint density at radius 1 is 1.21 bits per heavy atom. The molecule has 3 aromatic rings. The Bertz CT molecular complexity index is 861. The van der Waals surface area contributed by atoms with E-state index in [9.17, 15) is 0 Å². The van der Waals surface area contributed by atoms with E-state index < -0.39 is 0 Å². The number of halogens is 1. The highest BCUT2D eigenvalue weighted by molar-refractivity contribution is 6.33. The van der Waals surface area contributed by atoms with E-state index in [0.717, 1.165) is 42.3 Å². The molecule has 0 amide bonds. The molecule has 0 bridgehead atoms. The average molecular weight is 343 g/mol. The zero-order valence-corrected chi connectivity index (χ0v) is 13.9. The summed E-state index contributed by atoms with van der Waals surface area (Å²) in [5, 5.41) is 12.3. The van der Waals surface area contributed by atoms with Crippen molar-refractivity contribution in [1.29, 1.82) is 0 Å². The summed E-state index contributed by atoms with van der Waals surface area (Å²) in [6, 6.07) is 8.46. The van der Waals surface area contributed by atoms with Gasteiger partial charge in [0.05, 0.1) is 16.7 Å². The fourth-order valence-corrected chi connectivity index (χ4v) is 3.47. The molecule has 124 valence electrons. The van der Waals surface area contributed by atoms with Crippen molar-refractivity contribution in [1.82, 2.24) is 20.2 Å². The summed E-state index contributed by atoms with van der Waals surface area (Å²) in [5.74, 6) is 0.570. The van der Waals surface area contributed by atoms with Crippen LogP contribution in [0.2, 0.25) is 5.02 Å². The standard InChI is InChI=1S/C17H19ClN6/c18-13-9-20-17(21-11-5-3-4-10(19)8-11)22-16(13)15-12-6-1-2-7-14(12)23-24-15/h1-2,6-7,9-11H,3-5,8,19H2,(H,23,24)(H,20,21,22). The van der Waals surface area contributed by atoms with Crippen molar-refractivity contribution in [2.24, 2.45) is 5.73 Å². The van der Waals surface area contributed by atoms with Gasteiger partial charge in [-0.1, -0.05) is 29.8 Å². The molecule has 0 spiro atoms. The minimum absolute atomic E-state index is 0.248. The fourth-order valence-electron chi connectivity index (χ4n) is 3.29. The van der Waals surface area contributed by atoms with Gasteiger partial charge >= 0.3 is 0 Å². The predicted molar refractivity (Wildman–Crippen MR) is 96.0 cm³/mol. The number of H-pyrrole nitrogens is 1. The Morgan fingerprint density at radius 3 is 2.96 bits per heavy atom. The van der Waals surface area contributed by atoms with Crippen molar-refractivity contribution < 1.29 is 0 Å². The number of hydrogen-bond donors (Lipinski definition) is 3. The van der Waals surface area contributed by atoms with Crippen LogP contribution in [-0.4, -0.2) is 32.2 Å². The van der Waals surface area contributed by atoms with E-state index in [4.69, 9.17) is 17.3 Å². The molecule has 1 aliphatic carbocycles. The molecule has 0 saturated heterocycles. The Labute approximate surface area is 144 Å². The monoisotopic (exact) mass is 342 g/mol. The van der Waals surface area contributed by atoms with Gasteiger partial charge in [0.15, 0.2) is 0 Å². The number of nitrogens with one attached hydrogen (secondary N) is 2. The van der Waals surface area contributed by atoms with E-state index in [1.807, 2.05) is 24.3 Å². The van der Waals surface area contributed by atoms with Gasteiger partial charge in [-0.3, -0.25) is 5.10 Å². The lowest BCUT2D eigenvalue weighted by atomic mass is 9.92. The van der Waals surface area contributed by atoms with Crippen LogP contribution >= 0.6 is 11.6 Å². The predicted octanol–water partition coefficient (Wildman–Crippen LogP) is 3.36. The third-order valence-electron chi connectivity index (χ3n) is 4.49. The molecule has 2 unspecified atom stereocenters. The zero-order valence-electron chi connectivity index (χ0n) is 13.2. The van der Waals surface area contributed by atoms with Crippen LogP contribution < -0.4 is 11.1 Å². The highest BCUT2D eigenvalue weighted by Gasteiger charge is 2.21. The number of rotatable bonds is 3. The normalized spacial score (nSPS) is 21.1. The molecule has 0 radical (unpaired) electrons. The first-order chi connectivity index (χ1) is 11.7. The maximum absolute atomic E-state index is 6.33. The number of aromatic nitrogens is 4. The van der Waals surface area contributed by atoms with Crippen LogP contribution in [0.3, 0.4) is 0 Å². The van der Waals surface area contributed by atoms with Crippen molar-refractivity contribution in [3.8, 4) is 11.4 Å². The third-order valence-corrected chi connectivity index (χ3v) is 4.76. The topological polar surface area (TPSA) is 92.5 Å². The average Bonchev–Trinajstić information content (AvgIpc) is 3.01. The van der Waals surface area contributed by atoms with Crippen LogP contribution in [0.5, 0.6) is 0 Å². The maximum Gasteiger partial charge on any atom is 0.223 e. The molecule has 6 nitrogen and oxygen atoms in total. The molecule has 7 heteroatoms. The third kappa shape index (κ3) is 2.95. The summed E-state index contributed by atoms with van der Waals surface area (Å²) >= 11 is 6.33. The van der Waals surface area contributed by atoms with Gasteiger partial charge in [0.2, 0.25) is 5.95 Å². The van der Waals surface area contributed by atoms with Crippen LogP contribution in [-0.2, 0) is 0 Å². The SMILES string of the molecule is NC1CCCC(Nc2ncc(Cl)c(-c3n[nH]c4ccccc34)n2)C1. The Morgan fingerprint density at radius 2 is 2.08 bits per heavy atom. The van der Waals surface area contributed by atoms with Crippen molar-refractivity contribution in [3.05, 3.63) is 35.5 Å². The number of benzene rings is 1. The maximum atomic E-state index is 6.33. The van der Waals surface area contributed by atoms with Gasteiger partial charge in [-0.25, -0.2) is 9.97 Å². The zero-order chi connectivity index (χ0) is 16.5. The first-order valence-corrected chi connectivity index (χ1v) is 8.56. The number of aromatic amines is 1. The lowest BCUT2D eigenvalue weighted by Gasteiger charge is -2.27. The van der Waals surface area contributed by atoms with E-state index >= 15 is 0 Å². The van der Waals surface area contributed by atoms with Gasteiger partial charge < -0.3 is 11.1 Å². The molecule has 1 aliphatic rings. The molecule has 2 atom stereocenters. The van der Waals surface area contributed by atoms with Crippen molar-refractivity contribution in [2.75, 3.05) is 5.32 Å². The van der Waals surface area contributed by atoms with Crippen LogP contribution in [0.25, 0.3) is 22.3 Å². The minimum Gasteiger partial charge on any atom is -0.351 e. The van der Waals surface area contributed by atoms with Gasteiger partial charge in [-0.15, -0.1) is 0 Å². The van der Waals surface area contributed by atoms with Crippen LogP contribution in [0.1, 0.15) is 25.7 Å². The first kappa shape index (κ1) is 15.4. The summed E-state index contributed by atoms with van der Waals surface area (Å²) in [7, 11) is 0. The highest BCUT2D eigenvalue weighted by atomic mass is 35.5. The molecule has 4 N–H and O–H groups in total. The summed E-state index contributed by atoms with van der Waals surface area (Å²) in [4.78, 5) is 8.92. The van der Waals surface area contributed by atoms with Crippen molar-refractivity contribution >= 4 is 28.5 Å². The smallest absolute Gasteiger partial charge is 0.223 e. The van der Waals surface area contributed by atoms with Crippen molar-refractivity contribution in [2.45, 2.75) is 37.8 Å². The van der Waals surface area contributed by atoms with Gasteiger partial charge in [-0.05, 0) is 31.7 Å². The Hall–Kier alpha value is -2.18. The van der Waals surface area contributed by atoms with Crippen LogP contribution in [0, 0.1) is 0 Å². The first-order valence-electron chi connectivity index (χ1n) is 8.19. The van der Waals surface area contributed by atoms with Gasteiger partial charge in [-0.2, -0.15) is 5.10 Å². The largest absolute Gasteiger partial charge is 0.351 e. The molecular weight excluding hydrogens is 324 g/mol. The molecule has 2 heterocycles. The van der Waals surface area contributed by atoms with Gasteiger partial charge in [0, 0.05) is 17.5 Å². The number of fused-ring (bicyclic) bond motifs is 1. The number of anilines is 1. The molecule has 1 aromatic carbocycles. The fraction of sp³-hybridized carbons (Fsp3) is 0.353.